The van der Waals surface area contributed by atoms with E-state index in [1.807, 2.05) is 0 Å². The lowest BCUT2D eigenvalue weighted by molar-refractivity contribution is -0.137. The predicted molar refractivity (Wildman–Crippen MR) is 76.2 cm³/mol. The minimum absolute atomic E-state index is 0.0841. The summed E-state index contributed by atoms with van der Waals surface area (Å²) < 4.78 is 38.0. The number of nitrogens with zero attached hydrogens (tertiary/aromatic N) is 1. The second-order valence-electron chi connectivity index (χ2n) is 6.16. The van der Waals surface area contributed by atoms with E-state index in [0.29, 0.717) is 5.56 Å². The Kier molecular flexibility index (Phi) is 3.82. The Hall–Kier alpha value is -2.05. The fourth-order valence-electron chi connectivity index (χ4n) is 2.97. The van der Waals surface area contributed by atoms with Crippen LogP contribution in [-0.4, -0.2) is 29.8 Å². The molecule has 1 saturated carbocycles. The summed E-state index contributed by atoms with van der Waals surface area (Å²) >= 11 is 0. The average Bonchev–Trinajstić information content (AvgIpc) is 3.24. The summed E-state index contributed by atoms with van der Waals surface area (Å²) in [4.78, 5) is 25.7. The number of hydrogen-bond acceptors (Lipinski definition) is 2. The van der Waals surface area contributed by atoms with E-state index in [0.717, 1.165) is 25.0 Å². The zero-order valence-corrected chi connectivity index (χ0v) is 12.6. The topological polar surface area (TPSA) is 49.4 Å². The monoisotopic (exact) mass is 326 g/mol. The van der Waals surface area contributed by atoms with Crippen molar-refractivity contribution in [2.45, 2.75) is 37.5 Å². The highest BCUT2D eigenvalue weighted by molar-refractivity contribution is 5.90. The molecule has 1 N–H and O–H groups in total. The van der Waals surface area contributed by atoms with E-state index in [1.165, 1.54) is 17.0 Å². The van der Waals surface area contributed by atoms with Gasteiger partial charge in [0.1, 0.15) is 0 Å². The number of rotatable bonds is 3. The van der Waals surface area contributed by atoms with Crippen molar-refractivity contribution >= 4 is 11.8 Å². The Morgan fingerprint density at radius 1 is 1.22 bits per heavy atom. The Balaban J connectivity index is 1.84. The van der Waals surface area contributed by atoms with Crippen molar-refractivity contribution < 1.29 is 22.8 Å². The summed E-state index contributed by atoms with van der Waals surface area (Å²) in [7, 11) is 1.58. The van der Waals surface area contributed by atoms with Gasteiger partial charge in [-0.3, -0.25) is 9.59 Å². The van der Waals surface area contributed by atoms with E-state index in [1.54, 1.807) is 7.05 Å². The maximum absolute atomic E-state index is 12.7. The van der Waals surface area contributed by atoms with E-state index >= 15 is 0 Å². The van der Waals surface area contributed by atoms with Crippen molar-refractivity contribution in [2.24, 2.45) is 5.92 Å². The minimum atomic E-state index is -4.40. The van der Waals surface area contributed by atoms with Gasteiger partial charge in [-0.25, -0.2) is 0 Å². The van der Waals surface area contributed by atoms with E-state index < -0.39 is 23.7 Å². The molecular weight excluding hydrogens is 309 g/mol. The molecule has 23 heavy (non-hydrogen) atoms. The molecule has 1 aromatic rings. The molecule has 1 aliphatic carbocycles. The first-order valence-corrected chi connectivity index (χ1v) is 7.50. The van der Waals surface area contributed by atoms with Crippen LogP contribution < -0.4 is 5.32 Å². The molecule has 1 aliphatic heterocycles. The Morgan fingerprint density at radius 3 is 2.35 bits per heavy atom. The number of nitrogens with one attached hydrogen (secondary N) is 1. The van der Waals surface area contributed by atoms with Crippen molar-refractivity contribution in [3.8, 4) is 0 Å². The van der Waals surface area contributed by atoms with Crippen LogP contribution in [0.4, 0.5) is 13.2 Å². The molecule has 0 aromatic heterocycles. The molecule has 124 valence electrons. The highest BCUT2D eigenvalue weighted by atomic mass is 19.4. The first-order valence-electron chi connectivity index (χ1n) is 7.50. The third-order valence-electron chi connectivity index (χ3n) is 4.43. The fraction of sp³-hybridized carbons (Fsp3) is 0.500. The molecule has 2 aliphatic rings. The maximum atomic E-state index is 12.7. The third-order valence-corrected chi connectivity index (χ3v) is 4.43. The second-order valence-corrected chi connectivity index (χ2v) is 6.16. The molecule has 3 rings (SSSR count). The van der Waals surface area contributed by atoms with Crippen LogP contribution >= 0.6 is 0 Å². The molecule has 0 bridgehead atoms. The molecule has 1 saturated heterocycles. The summed E-state index contributed by atoms with van der Waals surface area (Å²) in [5.41, 5.74) is -0.200. The Bertz CT molecular complexity index is 623. The molecule has 1 heterocycles. The molecule has 2 fully saturated rings. The number of alkyl halides is 3. The molecule has 2 amide bonds. The number of carbonyl (C=O) groups excluding carboxylic acids is 2. The van der Waals surface area contributed by atoms with Crippen LogP contribution in [0.3, 0.4) is 0 Å². The second kappa shape index (κ2) is 5.54. The van der Waals surface area contributed by atoms with Gasteiger partial charge in [0.25, 0.3) is 0 Å². The molecule has 0 radical (unpaired) electrons. The van der Waals surface area contributed by atoms with E-state index in [4.69, 9.17) is 0 Å². The van der Waals surface area contributed by atoms with Gasteiger partial charge in [0.2, 0.25) is 11.8 Å². The van der Waals surface area contributed by atoms with Gasteiger partial charge < -0.3 is 10.2 Å². The average molecular weight is 326 g/mol. The van der Waals surface area contributed by atoms with Gasteiger partial charge in [-0.05, 0) is 30.5 Å². The normalized spacial score (nSPS) is 24.9. The van der Waals surface area contributed by atoms with Crippen LogP contribution in [0.15, 0.2) is 24.3 Å². The number of benzene rings is 1. The molecular formula is C16H17F3N2O2. The van der Waals surface area contributed by atoms with Gasteiger partial charge >= 0.3 is 6.18 Å². The largest absolute Gasteiger partial charge is 0.416 e. The first-order chi connectivity index (χ1) is 10.8. The minimum Gasteiger partial charge on any atom is -0.353 e. The summed E-state index contributed by atoms with van der Waals surface area (Å²) in [5.74, 6) is -0.939. The molecule has 0 spiro atoms. The van der Waals surface area contributed by atoms with Gasteiger partial charge in [0.15, 0.2) is 0 Å². The standard InChI is InChI=1S/C16H17F3N2O2/c1-21-13(22)8-12(15(23)20-11-6-7-11)14(21)9-2-4-10(5-3-9)16(17,18)19/h2-5,11-12,14H,6-8H2,1H3,(H,20,23)/t12-,14+/m0/s1. The highest BCUT2D eigenvalue weighted by Gasteiger charge is 2.44. The summed E-state index contributed by atoms with van der Waals surface area (Å²) in [6.45, 7) is 0. The maximum Gasteiger partial charge on any atom is 0.416 e. The van der Waals surface area contributed by atoms with Crippen LogP contribution in [0.25, 0.3) is 0 Å². The quantitative estimate of drug-likeness (QED) is 0.928. The SMILES string of the molecule is CN1C(=O)C[C@H](C(=O)NC2CC2)[C@H]1c1ccc(C(F)(F)F)cc1. The smallest absolute Gasteiger partial charge is 0.353 e. The zero-order chi connectivity index (χ0) is 16.8. The highest BCUT2D eigenvalue weighted by Crippen LogP contribution is 2.39. The molecule has 2 atom stereocenters. The van der Waals surface area contributed by atoms with Crippen LogP contribution in [0.2, 0.25) is 0 Å². The van der Waals surface area contributed by atoms with Gasteiger partial charge in [-0.15, -0.1) is 0 Å². The lowest BCUT2D eigenvalue weighted by atomic mass is 9.92. The predicted octanol–water partition coefficient (Wildman–Crippen LogP) is 2.50. The van der Waals surface area contributed by atoms with Gasteiger partial charge in [0.05, 0.1) is 17.5 Å². The first kappa shape index (κ1) is 15.8. The van der Waals surface area contributed by atoms with Crippen molar-refractivity contribution in [1.29, 1.82) is 0 Å². The van der Waals surface area contributed by atoms with E-state index in [2.05, 4.69) is 5.32 Å². The summed E-state index contributed by atoms with van der Waals surface area (Å²) in [5, 5.41) is 2.87. The number of likely N-dealkylation sites (tertiary alicyclic amines) is 1. The molecule has 4 nitrogen and oxygen atoms in total. The molecule has 1 aromatic carbocycles. The lowest BCUT2D eigenvalue weighted by Gasteiger charge is -2.25. The Morgan fingerprint density at radius 2 is 1.83 bits per heavy atom. The summed E-state index contributed by atoms with van der Waals surface area (Å²) in [6.07, 6.45) is -2.44. The van der Waals surface area contributed by atoms with E-state index in [-0.39, 0.29) is 24.3 Å². The summed E-state index contributed by atoms with van der Waals surface area (Å²) in [6, 6.07) is 4.32. The molecule has 0 unspecified atom stereocenters. The van der Waals surface area contributed by atoms with Crippen molar-refractivity contribution in [3.05, 3.63) is 35.4 Å². The van der Waals surface area contributed by atoms with Crippen molar-refractivity contribution in [1.82, 2.24) is 10.2 Å². The Labute approximate surface area is 131 Å². The third kappa shape index (κ3) is 3.18. The van der Waals surface area contributed by atoms with Crippen LogP contribution in [0.1, 0.15) is 36.4 Å². The molecule has 7 heteroatoms. The van der Waals surface area contributed by atoms with Gasteiger partial charge in [-0.2, -0.15) is 13.2 Å². The van der Waals surface area contributed by atoms with Crippen molar-refractivity contribution in [3.63, 3.8) is 0 Å². The number of halogens is 3. The van der Waals surface area contributed by atoms with Crippen molar-refractivity contribution in [2.75, 3.05) is 7.05 Å². The number of hydrogen-bond donors (Lipinski definition) is 1. The van der Waals surface area contributed by atoms with E-state index in [9.17, 15) is 22.8 Å². The fourth-order valence-corrected chi connectivity index (χ4v) is 2.97. The number of carbonyl (C=O) groups is 2. The zero-order valence-electron chi connectivity index (χ0n) is 12.6. The van der Waals surface area contributed by atoms with Crippen LogP contribution in [0, 0.1) is 5.92 Å². The van der Waals surface area contributed by atoms with Gasteiger partial charge in [0, 0.05) is 19.5 Å². The van der Waals surface area contributed by atoms with Gasteiger partial charge in [-0.1, -0.05) is 12.1 Å². The van der Waals surface area contributed by atoms with Crippen LogP contribution in [-0.2, 0) is 15.8 Å². The van der Waals surface area contributed by atoms with Crippen LogP contribution in [0.5, 0.6) is 0 Å². The number of amides is 2. The lowest BCUT2D eigenvalue weighted by Crippen LogP contribution is -2.35.